The number of rotatable bonds is 13. The minimum atomic E-state index is -1.34. The summed E-state index contributed by atoms with van der Waals surface area (Å²) in [6.07, 6.45) is 10.0. The van der Waals surface area contributed by atoms with E-state index in [2.05, 4.69) is 42.1 Å². The lowest BCUT2D eigenvalue weighted by Crippen LogP contribution is -2.51. The maximum Gasteiger partial charge on any atom is 0.253 e. The number of methoxy groups -OCH3 is 1. The summed E-state index contributed by atoms with van der Waals surface area (Å²) in [5, 5.41) is 23.4. The number of alkyl halides is 1. The topological polar surface area (TPSA) is 181 Å². The number of carbonyl (C=O) groups is 2. The third-order valence-electron chi connectivity index (χ3n) is 13.5. The Kier molecular flexibility index (Phi) is 11.7. The summed E-state index contributed by atoms with van der Waals surface area (Å²) in [5.41, 5.74) is 17.1. The zero-order valence-corrected chi connectivity index (χ0v) is 35.4. The number of benzene rings is 2. The molecule has 0 radical (unpaired) electrons. The molecular weight excluding hydrogens is 788 g/mol. The molecule has 2 unspecified atom stereocenters. The maximum absolute atomic E-state index is 16.5. The van der Waals surface area contributed by atoms with Gasteiger partial charge in [0, 0.05) is 113 Å². The van der Waals surface area contributed by atoms with Crippen LogP contribution in [0.5, 0.6) is 5.75 Å². The number of aromatic nitrogens is 4. The molecule has 62 heavy (non-hydrogen) atoms. The van der Waals surface area contributed by atoms with Gasteiger partial charge in [0.15, 0.2) is 5.82 Å². The summed E-state index contributed by atoms with van der Waals surface area (Å²) in [5.74, 6) is 0.679. The van der Waals surface area contributed by atoms with Crippen LogP contribution in [0.1, 0.15) is 90.7 Å². The molecule has 5 aromatic rings. The van der Waals surface area contributed by atoms with Crippen LogP contribution in [0.2, 0.25) is 0 Å². The van der Waals surface area contributed by atoms with Gasteiger partial charge in [-0.25, -0.2) is 9.37 Å². The van der Waals surface area contributed by atoms with Crippen molar-refractivity contribution < 1.29 is 23.8 Å². The molecule has 326 valence electrons. The monoisotopic (exact) mass is 844 g/mol. The number of phenolic OH excluding ortho intramolecular Hbond substituents is 1. The number of hydrogen-bond acceptors (Lipinski definition) is 11. The van der Waals surface area contributed by atoms with E-state index in [0.29, 0.717) is 86.7 Å². The van der Waals surface area contributed by atoms with Gasteiger partial charge in [-0.15, -0.1) is 10.2 Å². The fourth-order valence-electron chi connectivity index (χ4n) is 9.81. The van der Waals surface area contributed by atoms with Crippen LogP contribution in [0.15, 0.2) is 73.1 Å². The Morgan fingerprint density at radius 1 is 0.968 bits per heavy atom. The number of pyridine rings is 1. The van der Waals surface area contributed by atoms with Crippen molar-refractivity contribution in [3.63, 3.8) is 0 Å². The number of aromatic hydroxyl groups is 1. The molecule has 2 amide bonds. The zero-order valence-electron chi connectivity index (χ0n) is 35.4. The number of ether oxygens (including phenoxy) is 1. The van der Waals surface area contributed by atoms with Gasteiger partial charge in [-0.2, -0.15) is 0 Å². The number of primary amides is 1. The van der Waals surface area contributed by atoms with E-state index in [9.17, 15) is 14.7 Å². The molecule has 2 atom stereocenters. The van der Waals surface area contributed by atoms with E-state index in [4.69, 9.17) is 21.2 Å². The highest BCUT2D eigenvalue weighted by Crippen LogP contribution is 2.45. The molecule has 2 aromatic carbocycles. The predicted octanol–water partition coefficient (Wildman–Crippen LogP) is 6.24. The van der Waals surface area contributed by atoms with Crippen molar-refractivity contribution >= 4 is 40.0 Å². The first kappa shape index (κ1) is 41.5. The van der Waals surface area contributed by atoms with Crippen LogP contribution in [-0.4, -0.2) is 118 Å². The number of nitrogen functional groups attached to an aromatic ring is 1. The highest BCUT2D eigenvalue weighted by Gasteiger charge is 2.39. The predicted molar refractivity (Wildman–Crippen MR) is 238 cm³/mol. The molecule has 1 aliphatic carbocycles. The van der Waals surface area contributed by atoms with E-state index < -0.39 is 5.67 Å². The van der Waals surface area contributed by atoms with Crippen LogP contribution in [0, 0.1) is 0 Å². The van der Waals surface area contributed by atoms with Crippen LogP contribution in [0.25, 0.3) is 22.3 Å². The smallest absolute Gasteiger partial charge is 0.253 e. The summed E-state index contributed by atoms with van der Waals surface area (Å²) < 4.78 is 24.7. The molecule has 0 spiro atoms. The highest BCUT2D eigenvalue weighted by atomic mass is 19.1. The number of nitrogens with two attached hydrogens (primary N) is 2. The molecule has 3 aromatic heterocycles. The number of halogens is 1. The number of phenols is 1. The molecule has 9 rings (SSSR count). The molecule has 1 saturated carbocycles. The molecule has 4 fully saturated rings. The zero-order chi connectivity index (χ0) is 43.0. The summed E-state index contributed by atoms with van der Waals surface area (Å²) in [4.78, 5) is 36.0. The molecule has 6 heterocycles. The van der Waals surface area contributed by atoms with Crippen molar-refractivity contribution in [2.24, 2.45) is 5.73 Å². The summed E-state index contributed by atoms with van der Waals surface area (Å²) in [6, 6.07) is 19.1. The summed E-state index contributed by atoms with van der Waals surface area (Å²) in [6.45, 7) is 4.53. The lowest BCUT2D eigenvalue weighted by Gasteiger charge is -2.41. The Bertz CT molecular complexity index is 2410. The van der Waals surface area contributed by atoms with E-state index in [1.807, 2.05) is 42.6 Å². The van der Waals surface area contributed by atoms with Gasteiger partial charge in [0.05, 0.1) is 29.4 Å². The van der Waals surface area contributed by atoms with Crippen molar-refractivity contribution in [2.75, 3.05) is 75.4 Å². The van der Waals surface area contributed by atoms with E-state index in [1.165, 1.54) is 23.8 Å². The van der Waals surface area contributed by atoms with Crippen LogP contribution >= 0.6 is 0 Å². The minimum absolute atomic E-state index is 0.0612. The van der Waals surface area contributed by atoms with E-state index in [0.717, 1.165) is 54.9 Å². The number of carbonyl (C=O) groups excluding carboxylic acids is 2. The first-order valence-electron chi connectivity index (χ1n) is 22.1. The number of amides is 2. The molecule has 14 nitrogen and oxygen atoms in total. The Labute approximate surface area is 361 Å². The van der Waals surface area contributed by atoms with Crippen molar-refractivity contribution in [3.05, 3.63) is 89.7 Å². The van der Waals surface area contributed by atoms with Crippen molar-refractivity contribution in [1.82, 2.24) is 29.5 Å². The lowest BCUT2D eigenvalue weighted by atomic mass is 9.88. The van der Waals surface area contributed by atoms with E-state index >= 15 is 4.39 Å². The number of hydrogen-bond donors (Lipinski definition) is 4. The summed E-state index contributed by atoms with van der Waals surface area (Å²) >= 11 is 0. The van der Waals surface area contributed by atoms with Crippen LogP contribution in [0.4, 0.5) is 21.6 Å². The van der Waals surface area contributed by atoms with Crippen molar-refractivity contribution in [1.29, 1.82) is 0 Å². The highest BCUT2D eigenvalue weighted by molar-refractivity contribution is 5.94. The number of likely N-dealkylation sites (tertiary alicyclic amines) is 2. The van der Waals surface area contributed by atoms with Gasteiger partial charge in [-0.1, -0.05) is 24.3 Å². The SMILES string of the molecule is COC1CC(c2ccc(C(=O)N3CCC(F)(CN4CCC(n5cc(C6CC6)c6cc(NCCC(N)=O)cnc65)CC4)CC3)cc2)CN(c2cc(-c3ccccc3O)nnc2N)C1. The van der Waals surface area contributed by atoms with E-state index in [1.54, 1.807) is 30.2 Å². The quantitative estimate of drug-likeness (QED) is 0.105. The van der Waals surface area contributed by atoms with Gasteiger partial charge in [-0.05, 0) is 85.5 Å². The fourth-order valence-corrected chi connectivity index (χ4v) is 9.81. The molecule has 4 aliphatic rings. The molecule has 3 aliphatic heterocycles. The number of nitrogens with one attached hydrogen (secondary N) is 1. The molecule has 6 N–H and O–H groups in total. The second kappa shape index (κ2) is 17.5. The average Bonchev–Trinajstić information content (AvgIpc) is 4.06. The average molecular weight is 845 g/mol. The maximum atomic E-state index is 16.5. The molecule has 15 heteroatoms. The van der Waals surface area contributed by atoms with Gasteiger partial charge in [-0.3, -0.25) is 9.59 Å². The largest absolute Gasteiger partial charge is 0.507 e. The number of fused-ring (bicyclic) bond motifs is 1. The number of anilines is 3. The number of nitrogens with zero attached hydrogens (tertiary/aromatic N) is 7. The summed E-state index contributed by atoms with van der Waals surface area (Å²) in [7, 11) is 1.71. The third-order valence-corrected chi connectivity index (χ3v) is 13.5. The van der Waals surface area contributed by atoms with Crippen LogP contribution < -0.4 is 21.7 Å². The molecular formula is C47H57FN10O4. The van der Waals surface area contributed by atoms with Gasteiger partial charge in [0.2, 0.25) is 5.91 Å². The van der Waals surface area contributed by atoms with Crippen molar-refractivity contribution in [2.45, 2.75) is 81.0 Å². The Balaban J connectivity index is 0.785. The third kappa shape index (κ3) is 8.91. The number of para-hydroxylation sites is 1. The van der Waals surface area contributed by atoms with Gasteiger partial charge in [0.25, 0.3) is 5.91 Å². The van der Waals surface area contributed by atoms with E-state index in [-0.39, 0.29) is 36.0 Å². The Morgan fingerprint density at radius 2 is 1.73 bits per heavy atom. The second-order valence-corrected chi connectivity index (χ2v) is 17.8. The minimum Gasteiger partial charge on any atom is -0.507 e. The first-order valence-corrected chi connectivity index (χ1v) is 22.1. The fraction of sp³-hybridized carbons (Fsp3) is 0.468. The van der Waals surface area contributed by atoms with Crippen LogP contribution in [-0.2, 0) is 9.53 Å². The standard InChI is InChI=1S/C47H57FN10O4/c1-62-36-22-33(26-57(27-36)41-24-40(53-54-44(41)50)37-4-2-3-5-42(37)59)30-6-10-32(11-7-30)46(61)56-20-15-47(48,16-21-56)29-55-18-13-35(14-19-55)58-28-39(31-8-9-31)38-23-34(25-52-45(38)58)51-17-12-43(49)60/h2-7,10-11,23-25,28,31,33,35-36,51,59H,8-9,12-22,26-27,29H2,1H3,(H2,49,60)(H2,50,54). The van der Waals surface area contributed by atoms with Gasteiger partial charge >= 0.3 is 0 Å². The molecule has 0 bridgehead atoms. The first-order chi connectivity index (χ1) is 30.0. The normalized spacial score (nSPS) is 21.0. The van der Waals surface area contributed by atoms with Crippen molar-refractivity contribution in [3.8, 4) is 17.0 Å². The lowest BCUT2D eigenvalue weighted by molar-refractivity contribution is -0.117. The Morgan fingerprint density at radius 3 is 2.44 bits per heavy atom. The molecule has 3 saturated heterocycles. The Hall–Kier alpha value is -5.80. The van der Waals surface area contributed by atoms with Gasteiger partial charge < -0.3 is 45.9 Å². The van der Waals surface area contributed by atoms with Gasteiger partial charge in [0.1, 0.15) is 17.1 Å². The number of piperidine rings is 3. The van der Waals surface area contributed by atoms with Crippen LogP contribution in [0.3, 0.4) is 0 Å². The second-order valence-electron chi connectivity index (χ2n) is 17.8.